The van der Waals surface area contributed by atoms with Gasteiger partial charge in [0.2, 0.25) is 5.91 Å². The third-order valence-electron chi connectivity index (χ3n) is 4.36. The van der Waals surface area contributed by atoms with E-state index in [9.17, 15) is 9.59 Å². The molecule has 0 aliphatic heterocycles. The van der Waals surface area contributed by atoms with E-state index >= 15 is 0 Å². The molecule has 3 rings (SSSR count). The normalized spacial score (nSPS) is 10.7. The second-order valence-electron chi connectivity index (χ2n) is 6.42. The molecule has 0 saturated heterocycles. The SMILES string of the molecule is Cc1cc(C)c2c(c1)c(C)cc(=O)n2CC(=O)Nc1c(C#N)cnn1C. The van der Waals surface area contributed by atoms with Crippen molar-refractivity contribution in [2.24, 2.45) is 7.05 Å². The summed E-state index contributed by atoms with van der Waals surface area (Å²) in [4.78, 5) is 25.1. The lowest BCUT2D eigenvalue weighted by Crippen LogP contribution is -2.29. The van der Waals surface area contributed by atoms with Gasteiger partial charge in [-0.3, -0.25) is 18.8 Å². The van der Waals surface area contributed by atoms with E-state index < -0.39 is 5.91 Å². The molecule has 0 unspecified atom stereocenters. The molecule has 0 radical (unpaired) electrons. The molecular formula is C19H19N5O2. The average Bonchev–Trinajstić information content (AvgIpc) is 2.91. The number of aryl methyl sites for hydroxylation is 4. The first-order valence-corrected chi connectivity index (χ1v) is 8.15. The molecule has 3 aromatic rings. The number of benzene rings is 1. The Morgan fingerprint density at radius 2 is 1.96 bits per heavy atom. The lowest BCUT2D eigenvalue weighted by molar-refractivity contribution is -0.116. The highest BCUT2D eigenvalue weighted by Crippen LogP contribution is 2.22. The van der Waals surface area contributed by atoms with Crippen LogP contribution in [0.5, 0.6) is 0 Å². The summed E-state index contributed by atoms with van der Waals surface area (Å²) >= 11 is 0. The van der Waals surface area contributed by atoms with Crippen molar-refractivity contribution in [2.45, 2.75) is 27.3 Å². The van der Waals surface area contributed by atoms with E-state index in [1.165, 1.54) is 15.4 Å². The third kappa shape index (κ3) is 2.97. The van der Waals surface area contributed by atoms with Crippen LogP contribution in [0.4, 0.5) is 5.82 Å². The molecule has 0 fully saturated rings. The molecule has 1 amide bonds. The Labute approximate surface area is 150 Å². The summed E-state index contributed by atoms with van der Waals surface area (Å²) in [5.41, 5.74) is 3.71. The Morgan fingerprint density at radius 1 is 1.23 bits per heavy atom. The van der Waals surface area contributed by atoms with Crippen molar-refractivity contribution in [1.29, 1.82) is 5.26 Å². The third-order valence-corrected chi connectivity index (χ3v) is 4.36. The van der Waals surface area contributed by atoms with Crippen LogP contribution in [0.15, 0.2) is 29.2 Å². The number of amides is 1. The van der Waals surface area contributed by atoms with Crippen LogP contribution in [-0.4, -0.2) is 20.3 Å². The zero-order chi connectivity index (χ0) is 19.0. The predicted octanol–water partition coefficient (Wildman–Crippen LogP) is 2.17. The minimum Gasteiger partial charge on any atom is -0.308 e. The van der Waals surface area contributed by atoms with Gasteiger partial charge in [-0.15, -0.1) is 0 Å². The van der Waals surface area contributed by atoms with Gasteiger partial charge in [0.25, 0.3) is 5.56 Å². The quantitative estimate of drug-likeness (QED) is 0.784. The first-order valence-electron chi connectivity index (χ1n) is 8.15. The summed E-state index contributed by atoms with van der Waals surface area (Å²) in [5.74, 6) is -0.0770. The van der Waals surface area contributed by atoms with Crippen LogP contribution in [-0.2, 0) is 18.4 Å². The zero-order valence-electron chi connectivity index (χ0n) is 15.1. The lowest BCUT2D eigenvalue weighted by atomic mass is 10.0. The van der Waals surface area contributed by atoms with Crippen LogP contribution in [0, 0.1) is 32.1 Å². The van der Waals surface area contributed by atoms with E-state index in [4.69, 9.17) is 5.26 Å². The summed E-state index contributed by atoms with van der Waals surface area (Å²) in [7, 11) is 1.64. The van der Waals surface area contributed by atoms with Gasteiger partial charge < -0.3 is 5.32 Å². The number of rotatable bonds is 3. The number of anilines is 1. The number of carbonyl (C=O) groups excluding carboxylic acids is 1. The van der Waals surface area contributed by atoms with E-state index in [2.05, 4.69) is 10.4 Å². The second kappa shape index (κ2) is 6.48. The minimum absolute atomic E-state index is 0.143. The maximum atomic E-state index is 12.5. The Morgan fingerprint density at radius 3 is 2.65 bits per heavy atom. The first kappa shape index (κ1) is 17.4. The maximum Gasteiger partial charge on any atom is 0.251 e. The standard InChI is InChI=1S/C19H19N5O2/c1-11-5-13(3)18-15(6-11)12(2)7-17(26)24(18)10-16(25)22-19-14(8-20)9-21-23(19)4/h5-7,9H,10H2,1-4H3,(H,22,25). The molecule has 7 heteroatoms. The minimum atomic E-state index is -0.391. The lowest BCUT2D eigenvalue weighted by Gasteiger charge is -2.15. The monoisotopic (exact) mass is 349 g/mol. The first-order chi connectivity index (χ1) is 12.3. The summed E-state index contributed by atoms with van der Waals surface area (Å²) in [6.07, 6.45) is 1.38. The van der Waals surface area contributed by atoms with Gasteiger partial charge in [0.15, 0.2) is 0 Å². The summed E-state index contributed by atoms with van der Waals surface area (Å²) in [6.45, 7) is 5.68. The van der Waals surface area contributed by atoms with E-state index in [-0.39, 0.29) is 17.7 Å². The van der Waals surface area contributed by atoms with E-state index in [0.717, 1.165) is 27.6 Å². The molecule has 2 heterocycles. The number of nitrogens with one attached hydrogen (secondary N) is 1. The molecule has 0 bridgehead atoms. The molecule has 1 N–H and O–H groups in total. The number of carbonyl (C=O) groups is 1. The van der Waals surface area contributed by atoms with Crippen LogP contribution < -0.4 is 10.9 Å². The largest absolute Gasteiger partial charge is 0.308 e. The molecule has 2 aromatic heterocycles. The van der Waals surface area contributed by atoms with E-state index in [0.29, 0.717) is 5.82 Å². The molecule has 0 saturated carbocycles. The van der Waals surface area contributed by atoms with Gasteiger partial charge in [-0.25, -0.2) is 0 Å². The van der Waals surface area contributed by atoms with Crippen LogP contribution in [0.25, 0.3) is 10.9 Å². The topological polar surface area (TPSA) is 92.7 Å². The number of hydrogen-bond donors (Lipinski definition) is 1. The molecular weight excluding hydrogens is 330 g/mol. The van der Waals surface area contributed by atoms with Crippen molar-refractivity contribution in [3.63, 3.8) is 0 Å². The number of hydrogen-bond acceptors (Lipinski definition) is 4. The fourth-order valence-corrected chi connectivity index (χ4v) is 3.21. The van der Waals surface area contributed by atoms with Gasteiger partial charge >= 0.3 is 0 Å². The van der Waals surface area contributed by atoms with Crippen LogP contribution in [0.1, 0.15) is 22.3 Å². The van der Waals surface area contributed by atoms with Gasteiger partial charge in [-0.2, -0.15) is 10.4 Å². The zero-order valence-corrected chi connectivity index (χ0v) is 15.1. The molecule has 26 heavy (non-hydrogen) atoms. The number of nitrogens with zero attached hydrogens (tertiary/aromatic N) is 4. The Kier molecular flexibility index (Phi) is 4.34. The Hall–Kier alpha value is -3.40. The number of nitriles is 1. The van der Waals surface area contributed by atoms with Crippen LogP contribution in [0.3, 0.4) is 0 Å². The molecule has 132 valence electrons. The van der Waals surface area contributed by atoms with Gasteiger partial charge in [0, 0.05) is 18.5 Å². The van der Waals surface area contributed by atoms with Crippen molar-refractivity contribution in [1.82, 2.24) is 14.3 Å². The highest BCUT2D eigenvalue weighted by atomic mass is 16.2. The summed E-state index contributed by atoms with van der Waals surface area (Å²) in [5, 5.41) is 16.7. The van der Waals surface area contributed by atoms with Crippen molar-refractivity contribution in [2.75, 3.05) is 5.32 Å². The van der Waals surface area contributed by atoms with E-state index in [1.807, 2.05) is 39.0 Å². The predicted molar refractivity (Wildman–Crippen MR) is 99.0 cm³/mol. The van der Waals surface area contributed by atoms with Crippen molar-refractivity contribution in [3.05, 3.63) is 57.0 Å². The molecule has 0 atom stereocenters. The fraction of sp³-hybridized carbons (Fsp3) is 0.263. The Balaban J connectivity index is 2.04. The number of fused-ring (bicyclic) bond motifs is 1. The van der Waals surface area contributed by atoms with Gasteiger partial charge in [0.05, 0.1) is 11.7 Å². The van der Waals surface area contributed by atoms with Crippen LogP contribution in [0.2, 0.25) is 0 Å². The highest BCUT2D eigenvalue weighted by Gasteiger charge is 2.15. The van der Waals surface area contributed by atoms with E-state index in [1.54, 1.807) is 13.1 Å². The van der Waals surface area contributed by atoms with Gasteiger partial charge in [0.1, 0.15) is 24.0 Å². The smallest absolute Gasteiger partial charge is 0.251 e. The van der Waals surface area contributed by atoms with Gasteiger partial charge in [-0.05, 0) is 38.0 Å². The number of aromatic nitrogens is 3. The molecule has 0 aliphatic rings. The number of pyridine rings is 1. The Bertz CT molecular complexity index is 1130. The second-order valence-corrected chi connectivity index (χ2v) is 6.42. The summed E-state index contributed by atoms with van der Waals surface area (Å²) in [6, 6.07) is 7.53. The van der Waals surface area contributed by atoms with Crippen molar-refractivity contribution >= 4 is 22.6 Å². The highest BCUT2D eigenvalue weighted by molar-refractivity contribution is 5.93. The van der Waals surface area contributed by atoms with Crippen molar-refractivity contribution < 1.29 is 4.79 Å². The fourth-order valence-electron chi connectivity index (χ4n) is 3.21. The van der Waals surface area contributed by atoms with Crippen LogP contribution >= 0.6 is 0 Å². The molecule has 7 nitrogen and oxygen atoms in total. The maximum absolute atomic E-state index is 12.5. The molecule has 0 aliphatic carbocycles. The molecule has 1 aromatic carbocycles. The molecule has 0 spiro atoms. The van der Waals surface area contributed by atoms with Gasteiger partial charge in [-0.1, -0.05) is 11.6 Å². The van der Waals surface area contributed by atoms with Crippen molar-refractivity contribution in [3.8, 4) is 6.07 Å². The average molecular weight is 349 g/mol. The summed E-state index contributed by atoms with van der Waals surface area (Å²) < 4.78 is 2.88.